The summed E-state index contributed by atoms with van der Waals surface area (Å²) in [5.74, 6) is 0.0684. The number of amidine groups is 1. The number of carbonyl (C=O) groups is 1. The van der Waals surface area contributed by atoms with Gasteiger partial charge in [-0.25, -0.2) is 16.8 Å². The van der Waals surface area contributed by atoms with Gasteiger partial charge in [0.15, 0.2) is 0 Å². The van der Waals surface area contributed by atoms with Crippen LogP contribution < -0.4 is 14.8 Å². The van der Waals surface area contributed by atoms with Crippen molar-refractivity contribution in [3.8, 4) is 0 Å². The Hall–Kier alpha value is -2.92. The molecule has 30 heavy (non-hydrogen) atoms. The van der Waals surface area contributed by atoms with Crippen molar-refractivity contribution in [2.24, 2.45) is 4.99 Å². The topological polar surface area (TPSA) is 134 Å². The molecule has 1 aliphatic heterocycles. The Morgan fingerprint density at radius 2 is 1.73 bits per heavy atom. The lowest BCUT2D eigenvalue weighted by atomic mass is 10.2. The number of hydrogen-bond donors (Lipinski definition) is 3. The second-order valence-electron chi connectivity index (χ2n) is 6.83. The van der Waals surface area contributed by atoms with Gasteiger partial charge < -0.3 is 5.32 Å². The van der Waals surface area contributed by atoms with E-state index in [0.717, 1.165) is 6.42 Å². The number of nitrogens with zero attached hydrogens (tertiary/aromatic N) is 1. The molecule has 11 heteroatoms. The molecule has 9 nitrogen and oxygen atoms in total. The molecule has 1 amide bonds. The maximum atomic E-state index is 12.9. The van der Waals surface area contributed by atoms with E-state index < -0.39 is 20.0 Å². The number of carbonyl (C=O) groups excluding carboxylic acids is 1. The highest BCUT2D eigenvalue weighted by molar-refractivity contribution is 7.92. The Labute approximate surface area is 175 Å². The third kappa shape index (κ3) is 5.16. The van der Waals surface area contributed by atoms with Crippen LogP contribution in [0.2, 0.25) is 0 Å². The molecular formula is C19H22N4O5S2. The quantitative estimate of drug-likeness (QED) is 0.620. The highest BCUT2D eigenvalue weighted by atomic mass is 32.2. The SMILES string of the molecule is CC(=O)Nc1ccc(C)c(S(=O)(=O)Nc2cccc(S(=O)(=O)NC3=NCCC3)c2)c1. The third-order valence-electron chi connectivity index (χ3n) is 4.32. The molecule has 160 valence electrons. The van der Waals surface area contributed by atoms with Gasteiger partial charge >= 0.3 is 0 Å². The molecule has 1 heterocycles. The predicted molar refractivity (Wildman–Crippen MR) is 115 cm³/mol. The van der Waals surface area contributed by atoms with Crippen LogP contribution in [0.25, 0.3) is 0 Å². The number of rotatable bonds is 6. The van der Waals surface area contributed by atoms with Crippen LogP contribution in [-0.2, 0) is 24.8 Å². The first-order valence-corrected chi connectivity index (χ1v) is 12.1. The molecule has 2 aromatic rings. The fourth-order valence-corrected chi connectivity index (χ4v) is 5.40. The zero-order chi connectivity index (χ0) is 21.9. The van der Waals surface area contributed by atoms with Gasteiger partial charge in [0.2, 0.25) is 5.91 Å². The Balaban J connectivity index is 1.87. The lowest BCUT2D eigenvalue weighted by Gasteiger charge is -2.13. The third-order valence-corrected chi connectivity index (χ3v) is 7.22. The van der Waals surface area contributed by atoms with E-state index in [9.17, 15) is 21.6 Å². The van der Waals surface area contributed by atoms with Crippen molar-refractivity contribution < 1.29 is 21.6 Å². The largest absolute Gasteiger partial charge is 0.326 e. The number of anilines is 2. The molecule has 3 N–H and O–H groups in total. The Bertz CT molecular complexity index is 1220. The van der Waals surface area contributed by atoms with Gasteiger partial charge in [-0.05, 0) is 49.2 Å². The first kappa shape index (κ1) is 21.8. The summed E-state index contributed by atoms with van der Waals surface area (Å²) < 4.78 is 55.8. The van der Waals surface area contributed by atoms with Crippen LogP contribution in [0.5, 0.6) is 0 Å². The molecule has 0 aliphatic carbocycles. The van der Waals surface area contributed by atoms with Gasteiger partial charge in [0, 0.05) is 25.6 Å². The van der Waals surface area contributed by atoms with Crippen molar-refractivity contribution in [2.75, 3.05) is 16.6 Å². The zero-order valence-corrected chi connectivity index (χ0v) is 18.1. The molecule has 2 aromatic carbocycles. The van der Waals surface area contributed by atoms with Crippen LogP contribution in [0, 0.1) is 6.92 Å². The van der Waals surface area contributed by atoms with Gasteiger partial charge in [-0.2, -0.15) is 0 Å². The number of aryl methyl sites for hydroxylation is 1. The second kappa shape index (κ2) is 8.44. The standard InChI is InChI=1S/C19H22N4O5S2/c1-13-8-9-15(21-14(2)24)12-18(13)30(27,28)22-16-5-3-6-17(11-16)29(25,26)23-19-7-4-10-20-19/h3,5-6,8-9,11-12,22H,4,7,10H2,1-2H3,(H,20,23)(H,21,24). The van der Waals surface area contributed by atoms with E-state index in [1.54, 1.807) is 19.1 Å². The lowest BCUT2D eigenvalue weighted by Crippen LogP contribution is -2.29. The molecule has 0 radical (unpaired) electrons. The Morgan fingerprint density at radius 1 is 0.967 bits per heavy atom. The smallest absolute Gasteiger partial charge is 0.262 e. The second-order valence-corrected chi connectivity index (χ2v) is 10.2. The summed E-state index contributed by atoms with van der Waals surface area (Å²) >= 11 is 0. The first-order chi connectivity index (χ1) is 14.1. The molecule has 0 unspecified atom stereocenters. The minimum Gasteiger partial charge on any atom is -0.326 e. The summed E-state index contributed by atoms with van der Waals surface area (Å²) in [7, 11) is -7.91. The van der Waals surface area contributed by atoms with Crippen LogP contribution in [0.15, 0.2) is 57.2 Å². The molecule has 0 aromatic heterocycles. The lowest BCUT2D eigenvalue weighted by molar-refractivity contribution is -0.114. The highest BCUT2D eigenvalue weighted by Crippen LogP contribution is 2.24. The molecule has 1 aliphatic rings. The van der Waals surface area contributed by atoms with Crippen LogP contribution >= 0.6 is 0 Å². The van der Waals surface area contributed by atoms with Crippen LogP contribution in [-0.4, -0.2) is 35.1 Å². The minimum atomic E-state index is -4.03. The molecule has 0 bridgehead atoms. The maximum absolute atomic E-state index is 12.9. The monoisotopic (exact) mass is 450 g/mol. The van der Waals surface area contributed by atoms with Crippen LogP contribution in [0.1, 0.15) is 25.3 Å². The first-order valence-electron chi connectivity index (χ1n) is 9.14. The summed E-state index contributed by atoms with van der Waals surface area (Å²) in [6.45, 7) is 3.53. The molecule has 0 spiro atoms. The van der Waals surface area contributed by atoms with Gasteiger partial charge in [-0.1, -0.05) is 12.1 Å². The Kier molecular flexibility index (Phi) is 6.13. The van der Waals surface area contributed by atoms with Gasteiger partial charge in [0.05, 0.1) is 15.5 Å². The molecule has 0 saturated carbocycles. The summed E-state index contributed by atoms with van der Waals surface area (Å²) in [5, 5.41) is 2.54. The zero-order valence-electron chi connectivity index (χ0n) is 16.5. The van der Waals surface area contributed by atoms with Gasteiger partial charge in [-0.3, -0.25) is 19.2 Å². The number of sulfonamides is 2. The van der Waals surface area contributed by atoms with Gasteiger partial charge in [-0.15, -0.1) is 0 Å². The number of hydrogen-bond acceptors (Lipinski definition) is 6. The Morgan fingerprint density at radius 3 is 2.40 bits per heavy atom. The van der Waals surface area contributed by atoms with Gasteiger partial charge in [0.1, 0.15) is 5.84 Å². The predicted octanol–water partition coefficient (Wildman–Crippen LogP) is 2.22. The van der Waals surface area contributed by atoms with E-state index in [-0.39, 0.29) is 21.4 Å². The fourth-order valence-electron chi connectivity index (χ4n) is 2.94. The van der Waals surface area contributed by atoms with E-state index in [0.29, 0.717) is 30.1 Å². The van der Waals surface area contributed by atoms with E-state index in [2.05, 4.69) is 19.8 Å². The molecule has 0 fully saturated rings. The van der Waals surface area contributed by atoms with Crippen molar-refractivity contribution in [1.29, 1.82) is 0 Å². The molecular weight excluding hydrogens is 428 g/mol. The van der Waals surface area contributed by atoms with Crippen molar-refractivity contribution in [3.05, 3.63) is 48.0 Å². The van der Waals surface area contributed by atoms with E-state index in [1.807, 2.05) is 0 Å². The average Bonchev–Trinajstić information content (AvgIpc) is 3.15. The fraction of sp³-hybridized carbons (Fsp3) is 0.263. The minimum absolute atomic E-state index is 0.0274. The maximum Gasteiger partial charge on any atom is 0.262 e. The van der Waals surface area contributed by atoms with E-state index >= 15 is 0 Å². The van der Waals surface area contributed by atoms with Crippen LogP contribution in [0.3, 0.4) is 0 Å². The normalized spacial score (nSPS) is 14.1. The summed E-state index contributed by atoms with van der Waals surface area (Å²) in [6, 6.07) is 10.0. The van der Waals surface area contributed by atoms with Crippen LogP contribution in [0.4, 0.5) is 11.4 Å². The molecule has 0 atom stereocenters. The number of amides is 1. The molecule has 3 rings (SSSR count). The summed E-state index contributed by atoms with van der Waals surface area (Å²) in [4.78, 5) is 15.2. The van der Waals surface area contributed by atoms with E-state index in [1.165, 1.54) is 37.3 Å². The van der Waals surface area contributed by atoms with E-state index in [4.69, 9.17) is 0 Å². The highest BCUT2D eigenvalue weighted by Gasteiger charge is 2.21. The summed E-state index contributed by atoms with van der Waals surface area (Å²) in [6.07, 6.45) is 1.34. The molecule has 0 saturated heterocycles. The van der Waals surface area contributed by atoms with Crippen molar-refractivity contribution >= 4 is 43.2 Å². The number of nitrogens with one attached hydrogen (secondary N) is 3. The van der Waals surface area contributed by atoms with Crippen molar-refractivity contribution in [1.82, 2.24) is 4.72 Å². The number of aliphatic imine (C=N–C) groups is 1. The average molecular weight is 451 g/mol. The van der Waals surface area contributed by atoms with Gasteiger partial charge in [0.25, 0.3) is 20.0 Å². The van der Waals surface area contributed by atoms with Crippen molar-refractivity contribution in [2.45, 2.75) is 36.5 Å². The number of benzene rings is 2. The summed E-state index contributed by atoms with van der Waals surface area (Å²) in [5.41, 5.74) is 0.906. The van der Waals surface area contributed by atoms with Crippen molar-refractivity contribution in [3.63, 3.8) is 0 Å².